The van der Waals surface area contributed by atoms with Crippen molar-refractivity contribution in [3.8, 4) is 11.3 Å². The molecule has 8 nitrogen and oxygen atoms in total. The molecule has 2 N–H and O–H groups in total. The zero-order valence-electron chi connectivity index (χ0n) is 22.4. The number of hydrogen-bond donors (Lipinski definition) is 3. The number of fused-ring (bicyclic) bond motifs is 2. The molecule has 0 aliphatic carbocycles. The summed E-state index contributed by atoms with van der Waals surface area (Å²) in [6.45, 7) is 0.974. The maximum atomic E-state index is 13.7. The van der Waals surface area contributed by atoms with Crippen LogP contribution in [-0.4, -0.2) is 53.9 Å². The molecule has 1 atom stereocenters. The maximum absolute atomic E-state index is 13.7. The van der Waals surface area contributed by atoms with E-state index in [2.05, 4.69) is 28.1 Å². The molecule has 1 fully saturated rings. The van der Waals surface area contributed by atoms with Gasteiger partial charge in [-0.2, -0.15) is 0 Å². The smallest absolute Gasteiger partial charge is 0.289 e. The first-order valence-electron chi connectivity index (χ1n) is 13.2. The van der Waals surface area contributed by atoms with Gasteiger partial charge in [-0.1, -0.05) is 12.8 Å². The number of nitrogens with zero attached hydrogens (tertiary/aromatic N) is 3. The van der Waals surface area contributed by atoms with E-state index in [1.807, 2.05) is 12.1 Å². The van der Waals surface area contributed by atoms with E-state index >= 15 is 0 Å². The molecule has 6 rings (SSSR count). The van der Waals surface area contributed by atoms with Crippen molar-refractivity contribution in [3.63, 3.8) is 0 Å². The van der Waals surface area contributed by atoms with E-state index in [4.69, 9.17) is 4.42 Å². The first kappa shape index (κ1) is 26.8. The average Bonchev–Trinajstić information content (AvgIpc) is 3.57. The second-order valence-electron chi connectivity index (χ2n) is 10.2. The molecule has 1 aliphatic heterocycles. The van der Waals surface area contributed by atoms with Gasteiger partial charge >= 0.3 is 0 Å². The van der Waals surface area contributed by atoms with Crippen LogP contribution in [0.25, 0.3) is 33.3 Å². The van der Waals surface area contributed by atoms with Crippen molar-refractivity contribution >= 4 is 52.3 Å². The number of H-pyrrole nitrogens is 1. The normalized spacial score (nSPS) is 15.4. The number of hydrogen-bond acceptors (Lipinski definition) is 6. The molecular weight excluding hydrogens is 548 g/mol. The summed E-state index contributed by atoms with van der Waals surface area (Å²) in [5, 5.41) is 3.30. The van der Waals surface area contributed by atoms with Gasteiger partial charge in [-0.25, -0.2) is 13.8 Å². The molecule has 210 valence electrons. The number of amides is 2. The number of benzene rings is 3. The number of thiol groups is 1. The second kappa shape index (κ2) is 10.5. The third-order valence-electron chi connectivity index (χ3n) is 7.54. The van der Waals surface area contributed by atoms with Crippen molar-refractivity contribution in [2.75, 3.05) is 31.5 Å². The number of aromatic nitrogens is 2. The standard InChI is InChI=1S/C30H27F2N5O3S/c1-33-29(38)26-21-13-20(24(36(2)41)14-25(21)40-27(26)16-5-7-18(31)8-6-16)17-4-3-11-37(15-17)30(39)28-34-22-10-9-19(32)12-23(22)35-28/h5-10,12-14,17,41H,3-4,11,15H2,1-2H3,(H,33,38)(H,34,35)/t17-/m1/s1. The monoisotopic (exact) mass is 575 g/mol. The highest BCUT2D eigenvalue weighted by atomic mass is 32.1. The van der Waals surface area contributed by atoms with Crippen LogP contribution in [0.15, 0.2) is 59.0 Å². The van der Waals surface area contributed by atoms with Gasteiger partial charge < -0.3 is 23.9 Å². The Bertz CT molecular complexity index is 1800. The van der Waals surface area contributed by atoms with Gasteiger partial charge in [0.25, 0.3) is 11.8 Å². The van der Waals surface area contributed by atoms with Crippen LogP contribution in [0.5, 0.6) is 0 Å². The Balaban J connectivity index is 1.40. The van der Waals surface area contributed by atoms with Gasteiger partial charge in [-0.05, 0) is 66.9 Å². The third-order valence-corrected chi connectivity index (χ3v) is 7.76. The van der Waals surface area contributed by atoms with E-state index in [-0.39, 0.29) is 29.4 Å². The van der Waals surface area contributed by atoms with Crippen LogP contribution in [0, 0.1) is 11.6 Å². The molecule has 0 saturated carbocycles. The van der Waals surface area contributed by atoms with Gasteiger partial charge in [0, 0.05) is 50.1 Å². The van der Waals surface area contributed by atoms with Gasteiger partial charge in [-0.3, -0.25) is 9.59 Å². The highest BCUT2D eigenvalue weighted by Gasteiger charge is 2.31. The van der Waals surface area contributed by atoms with Gasteiger partial charge in [0.1, 0.15) is 23.0 Å². The predicted molar refractivity (Wildman–Crippen MR) is 156 cm³/mol. The fourth-order valence-corrected chi connectivity index (χ4v) is 5.73. The lowest BCUT2D eigenvalue weighted by Gasteiger charge is -2.34. The van der Waals surface area contributed by atoms with Crippen LogP contribution < -0.4 is 9.62 Å². The Kier molecular flexibility index (Phi) is 6.90. The maximum Gasteiger partial charge on any atom is 0.289 e. The van der Waals surface area contributed by atoms with Crippen LogP contribution in [0.3, 0.4) is 0 Å². The predicted octanol–water partition coefficient (Wildman–Crippen LogP) is 5.91. The van der Waals surface area contributed by atoms with Crippen molar-refractivity contribution in [1.82, 2.24) is 20.2 Å². The molecule has 3 aromatic carbocycles. The molecule has 0 bridgehead atoms. The lowest BCUT2D eigenvalue weighted by molar-refractivity contribution is 0.0696. The molecule has 1 aliphatic rings. The molecule has 41 heavy (non-hydrogen) atoms. The van der Waals surface area contributed by atoms with Crippen molar-refractivity contribution < 1.29 is 22.8 Å². The first-order valence-corrected chi connectivity index (χ1v) is 13.6. The molecular formula is C30H27F2N5O3S. The van der Waals surface area contributed by atoms with E-state index in [9.17, 15) is 18.4 Å². The van der Waals surface area contributed by atoms with Gasteiger partial charge in [0.2, 0.25) is 0 Å². The van der Waals surface area contributed by atoms with Crippen LogP contribution in [0.2, 0.25) is 0 Å². The number of rotatable bonds is 5. The number of piperidine rings is 1. The second-order valence-corrected chi connectivity index (χ2v) is 10.8. The SMILES string of the molecule is CNC(=O)c1c(-c2ccc(F)cc2)oc2cc(N(C)S)c([C@@H]3CCCN(C(=O)c4nc5ccc(F)cc5[nH]4)C3)cc12. The Labute approximate surface area is 239 Å². The molecule has 3 heterocycles. The first-order chi connectivity index (χ1) is 19.7. The van der Waals surface area contributed by atoms with Crippen molar-refractivity contribution in [3.05, 3.63) is 83.2 Å². The molecule has 0 unspecified atom stereocenters. The summed E-state index contributed by atoms with van der Waals surface area (Å²) in [7, 11) is 3.35. The number of halogens is 2. The van der Waals surface area contributed by atoms with E-state index in [0.717, 1.165) is 24.1 Å². The summed E-state index contributed by atoms with van der Waals surface area (Å²) in [4.78, 5) is 35.6. The topological polar surface area (TPSA) is 94.5 Å². The Hall–Kier alpha value is -4.38. The minimum absolute atomic E-state index is 0.0646. The lowest BCUT2D eigenvalue weighted by atomic mass is 9.88. The molecule has 2 amide bonds. The van der Waals surface area contributed by atoms with Crippen molar-refractivity contribution in [1.29, 1.82) is 0 Å². The summed E-state index contributed by atoms with van der Waals surface area (Å²) < 4.78 is 35.2. The number of carbonyl (C=O) groups excluding carboxylic acids is 2. The quantitative estimate of drug-likeness (QED) is 0.227. The van der Waals surface area contributed by atoms with E-state index in [1.54, 1.807) is 35.4 Å². The van der Waals surface area contributed by atoms with Crippen LogP contribution >= 0.6 is 12.8 Å². The molecule has 0 spiro atoms. The Morgan fingerprint density at radius 2 is 1.88 bits per heavy atom. The van der Waals surface area contributed by atoms with Crippen LogP contribution in [-0.2, 0) is 0 Å². The van der Waals surface area contributed by atoms with Crippen molar-refractivity contribution in [2.24, 2.45) is 0 Å². The fraction of sp³-hybridized carbons (Fsp3) is 0.233. The minimum Gasteiger partial charge on any atom is -0.455 e. The third kappa shape index (κ3) is 4.90. The van der Waals surface area contributed by atoms with Crippen LogP contribution in [0.4, 0.5) is 14.5 Å². The van der Waals surface area contributed by atoms with E-state index < -0.39 is 5.82 Å². The highest BCUT2D eigenvalue weighted by molar-refractivity contribution is 7.81. The van der Waals surface area contributed by atoms with Crippen molar-refractivity contribution in [2.45, 2.75) is 18.8 Å². The summed E-state index contributed by atoms with van der Waals surface area (Å²) in [6.07, 6.45) is 1.57. The summed E-state index contributed by atoms with van der Waals surface area (Å²) >= 11 is 4.58. The van der Waals surface area contributed by atoms with Gasteiger partial charge in [-0.15, -0.1) is 0 Å². The number of carbonyl (C=O) groups is 2. The van der Waals surface area contributed by atoms with Crippen LogP contribution in [0.1, 0.15) is 45.3 Å². The fourth-order valence-electron chi connectivity index (χ4n) is 5.56. The average molecular weight is 576 g/mol. The van der Waals surface area contributed by atoms with Gasteiger partial charge in [0.15, 0.2) is 5.82 Å². The molecule has 11 heteroatoms. The zero-order valence-corrected chi connectivity index (χ0v) is 23.3. The number of aromatic amines is 1. The van der Waals surface area contributed by atoms with E-state index in [1.165, 1.54) is 30.3 Å². The number of likely N-dealkylation sites (tertiary alicyclic amines) is 1. The Morgan fingerprint density at radius 3 is 2.61 bits per heavy atom. The summed E-state index contributed by atoms with van der Waals surface area (Å²) in [5.41, 5.74) is 4.08. The largest absolute Gasteiger partial charge is 0.455 e. The van der Waals surface area contributed by atoms with Gasteiger partial charge in [0.05, 0.1) is 22.3 Å². The number of nitrogens with one attached hydrogen (secondary N) is 2. The highest BCUT2D eigenvalue weighted by Crippen LogP contribution is 2.41. The van der Waals surface area contributed by atoms with E-state index in [0.29, 0.717) is 52.0 Å². The summed E-state index contributed by atoms with van der Waals surface area (Å²) in [6, 6.07) is 13.7. The molecule has 0 radical (unpaired) electrons. The number of imidazole rings is 1. The number of anilines is 1. The molecule has 2 aromatic heterocycles. The summed E-state index contributed by atoms with van der Waals surface area (Å²) in [5.74, 6) is -0.956. The molecule has 1 saturated heterocycles. The molecule has 5 aromatic rings. The zero-order chi connectivity index (χ0) is 28.8. The lowest BCUT2D eigenvalue weighted by Crippen LogP contribution is -2.39. The number of furan rings is 1. The Morgan fingerprint density at radius 1 is 1.12 bits per heavy atom. The minimum atomic E-state index is -0.407.